The summed E-state index contributed by atoms with van der Waals surface area (Å²) in [5.41, 5.74) is 10.2. The second kappa shape index (κ2) is 9.45. The third-order valence-electron chi connectivity index (χ3n) is 6.19. The minimum Gasteiger partial charge on any atom is -0.384 e. The number of hydrogen-bond acceptors (Lipinski definition) is 4. The van der Waals surface area contributed by atoms with Crippen LogP contribution in [0.25, 0.3) is 21.9 Å². The molecule has 0 spiro atoms. The molecule has 1 aliphatic heterocycles. The van der Waals surface area contributed by atoms with Gasteiger partial charge in [0.15, 0.2) is 0 Å². The number of unbranched alkanes of at least 4 members (excludes halogenated alkanes) is 2. The molecule has 0 unspecified atom stereocenters. The van der Waals surface area contributed by atoms with Gasteiger partial charge in [-0.2, -0.15) is 0 Å². The first-order valence-electron chi connectivity index (χ1n) is 11.6. The maximum absolute atomic E-state index is 13.5. The number of amides is 2. The van der Waals surface area contributed by atoms with Gasteiger partial charge >= 0.3 is 0 Å². The number of carbonyl (C=O) groups is 2. The van der Waals surface area contributed by atoms with Crippen molar-refractivity contribution in [2.75, 3.05) is 18.4 Å². The molecule has 4 N–H and O–H groups in total. The predicted octanol–water partition coefficient (Wildman–Crippen LogP) is 5.40. The summed E-state index contributed by atoms with van der Waals surface area (Å²) >= 11 is 0. The quantitative estimate of drug-likeness (QED) is 0.179. The summed E-state index contributed by atoms with van der Waals surface area (Å²) in [5.74, 6) is -0.440. The molecule has 0 atom stereocenters. The number of imide groups is 1. The number of anilines is 1. The van der Waals surface area contributed by atoms with Crippen LogP contribution in [0.15, 0.2) is 48.5 Å². The lowest BCUT2D eigenvalue weighted by atomic mass is 9.88. The highest BCUT2D eigenvalue weighted by molar-refractivity contribution is 6.28. The monoisotopic (exact) mass is 442 g/mol. The van der Waals surface area contributed by atoms with Crippen molar-refractivity contribution in [3.63, 3.8) is 0 Å². The van der Waals surface area contributed by atoms with Crippen molar-refractivity contribution < 1.29 is 9.59 Å². The van der Waals surface area contributed by atoms with Crippen LogP contribution in [-0.4, -0.2) is 35.6 Å². The molecule has 2 amide bonds. The van der Waals surface area contributed by atoms with Gasteiger partial charge in [-0.25, -0.2) is 0 Å². The van der Waals surface area contributed by atoms with Gasteiger partial charge in [0.05, 0.1) is 0 Å². The van der Waals surface area contributed by atoms with Crippen LogP contribution in [0, 0.1) is 5.41 Å². The number of rotatable bonds is 9. The molecule has 170 valence electrons. The molecule has 0 bridgehead atoms. The van der Waals surface area contributed by atoms with Crippen molar-refractivity contribution >= 4 is 34.1 Å². The third kappa shape index (κ3) is 4.09. The van der Waals surface area contributed by atoms with E-state index >= 15 is 0 Å². The van der Waals surface area contributed by atoms with Crippen LogP contribution in [0.1, 0.15) is 65.8 Å². The molecular formula is C27H30N4O2. The van der Waals surface area contributed by atoms with E-state index in [1.165, 1.54) is 4.90 Å². The molecule has 1 aliphatic rings. The SMILES string of the molecule is CCCCNc1c(-c2ccc(C(=N)N)cc2)cc2c3c(cccc13)C(=O)N(CCCC)C2=O. The minimum absolute atomic E-state index is 0.0151. The molecule has 4 rings (SSSR count). The van der Waals surface area contributed by atoms with Crippen LogP contribution in [0.2, 0.25) is 0 Å². The third-order valence-corrected chi connectivity index (χ3v) is 6.19. The fourth-order valence-electron chi connectivity index (χ4n) is 4.37. The van der Waals surface area contributed by atoms with Crippen molar-refractivity contribution in [3.8, 4) is 11.1 Å². The largest absolute Gasteiger partial charge is 0.384 e. The number of carbonyl (C=O) groups excluding carboxylic acids is 2. The molecule has 0 fully saturated rings. The Kier molecular flexibility index (Phi) is 6.45. The first-order valence-corrected chi connectivity index (χ1v) is 11.6. The molecule has 0 saturated carbocycles. The number of nitrogens with two attached hydrogens (primary N) is 1. The lowest BCUT2D eigenvalue weighted by Crippen LogP contribution is -2.41. The van der Waals surface area contributed by atoms with Gasteiger partial charge in [0.2, 0.25) is 0 Å². The Morgan fingerprint density at radius 2 is 1.64 bits per heavy atom. The van der Waals surface area contributed by atoms with E-state index < -0.39 is 0 Å². The molecule has 1 heterocycles. The number of nitrogen functional groups attached to an aromatic ring is 1. The lowest BCUT2D eigenvalue weighted by molar-refractivity contribution is 0.0608. The molecule has 0 saturated heterocycles. The van der Waals surface area contributed by atoms with E-state index in [-0.39, 0.29) is 17.6 Å². The highest BCUT2D eigenvalue weighted by atomic mass is 16.2. The Morgan fingerprint density at radius 1 is 0.939 bits per heavy atom. The zero-order chi connectivity index (χ0) is 23.5. The second-order valence-electron chi connectivity index (χ2n) is 8.46. The fraction of sp³-hybridized carbons (Fsp3) is 0.296. The van der Waals surface area contributed by atoms with Gasteiger partial charge < -0.3 is 11.1 Å². The standard InChI is InChI=1S/C27H30N4O2/c1-3-5-14-30-24-19-8-7-9-20-23(19)22(27(33)31(26(20)32)15-6-4-2)16-21(24)17-10-12-18(13-11-17)25(28)29/h7-13,16,30H,3-6,14-15H2,1-2H3,(H3,28,29). The van der Waals surface area contributed by atoms with Crippen molar-refractivity contribution in [1.82, 2.24) is 4.90 Å². The average molecular weight is 443 g/mol. The van der Waals surface area contributed by atoms with E-state index in [0.29, 0.717) is 23.2 Å². The number of hydrogen-bond donors (Lipinski definition) is 3. The number of benzene rings is 3. The Labute approximate surface area is 194 Å². The zero-order valence-electron chi connectivity index (χ0n) is 19.2. The van der Waals surface area contributed by atoms with Gasteiger partial charge in [-0.15, -0.1) is 0 Å². The van der Waals surface area contributed by atoms with Crippen molar-refractivity contribution in [1.29, 1.82) is 5.41 Å². The normalized spacial score (nSPS) is 13.0. The predicted molar refractivity (Wildman–Crippen MR) is 134 cm³/mol. The summed E-state index contributed by atoms with van der Waals surface area (Å²) in [6, 6.07) is 15.1. The number of nitrogens with one attached hydrogen (secondary N) is 2. The van der Waals surface area contributed by atoms with Crippen LogP contribution in [-0.2, 0) is 0 Å². The zero-order valence-corrected chi connectivity index (χ0v) is 19.2. The van der Waals surface area contributed by atoms with E-state index in [1.807, 2.05) is 55.5 Å². The molecule has 0 aromatic heterocycles. The maximum atomic E-state index is 13.5. The smallest absolute Gasteiger partial charge is 0.261 e. The highest BCUT2D eigenvalue weighted by Gasteiger charge is 2.34. The number of nitrogens with zero attached hydrogens (tertiary/aromatic N) is 1. The maximum Gasteiger partial charge on any atom is 0.261 e. The number of amidine groups is 1. The Hall–Kier alpha value is -3.67. The van der Waals surface area contributed by atoms with Crippen LogP contribution < -0.4 is 11.1 Å². The average Bonchev–Trinajstić information content (AvgIpc) is 2.83. The van der Waals surface area contributed by atoms with E-state index in [0.717, 1.165) is 59.8 Å². The van der Waals surface area contributed by atoms with Gasteiger partial charge in [0.25, 0.3) is 11.8 Å². The Balaban J connectivity index is 1.94. The van der Waals surface area contributed by atoms with E-state index in [2.05, 4.69) is 12.2 Å². The summed E-state index contributed by atoms with van der Waals surface area (Å²) in [6.45, 7) is 5.40. The van der Waals surface area contributed by atoms with Crippen LogP contribution >= 0.6 is 0 Å². The van der Waals surface area contributed by atoms with Gasteiger partial charge in [0, 0.05) is 51.8 Å². The van der Waals surface area contributed by atoms with E-state index in [1.54, 1.807) is 0 Å². The minimum atomic E-state index is -0.237. The van der Waals surface area contributed by atoms with Crippen LogP contribution in [0.5, 0.6) is 0 Å². The van der Waals surface area contributed by atoms with E-state index in [4.69, 9.17) is 11.1 Å². The highest BCUT2D eigenvalue weighted by Crippen LogP contribution is 2.41. The molecule has 6 nitrogen and oxygen atoms in total. The van der Waals surface area contributed by atoms with Crippen LogP contribution in [0.3, 0.4) is 0 Å². The lowest BCUT2D eigenvalue weighted by Gasteiger charge is -2.29. The van der Waals surface area contributed by atoms with Gasteiger partial charge in [-0.3, -0.25) is 19.9 Å². The topological polar surface area (TPSA) is 99.3 Å². The van der Waals surface area contributed by atoms with Crippen molar-refractivity contribution in [3.05, 3.63) is 65.2 Å². The second-order valence-corrected chi connectivity index (χ2v) is 8.46. The molecule has 6 heteroatoms. The molecule has 3 aromatic carbocycles. The van der Waals surface area contributed by atoms with Gasteiger partial charge in [-0.1, -0.05) is 63.1 Å². The Morgan fingerprint density at radius 3 is 2.30 bits per heavy atom. The van der Waals surface area contributed by atoms with E-state index in [9.17, 15) is 9.59 Å². The molecule has 0 aliphatic carbocycles. The molecular weight excluding hydrogens is 412 g/mol. The summed E-state index contributed by atoms with van der Waals surface area (Å²) in [6.07, 6.45) is 3.75. The molecule has 33 heavy (non-hydrogen) atoms. The summed E-state index contributed by atoms with van der Waals surface area (Å²) < 4.78 is 0. The van der Waals surface area contributed by atoms with Gasteiger partial charge in [0.1, 0.15) is 5.84 Å². The summed E-state index contributed by atoms with van der Waals surface area (Å²) in [4.78, 5) is 28.0. The van der Waals surface area contributed by atoms with Crippen LogP contribution in [0.4, 0.5) is 5.69 Å². The Bertz CT molecular complexity index is 1230. The summed E-state index contributed by atoms with van der Waals surface area (Å²) in [5, 5.41) is 12.8. The van der Waals surface area contributed by atoms with Crippen molar-refractivity contribution in [2.45, 2.75) is 39.5 Å². The fourth-order valence-corrected chi connectivity index (χ4v) is 4.37. The molecule has 3 aromatic rings. The van der Waals surface area contributed by atoms with Gasteiger partial charge in [-0.05, 0) is 30.5 Å². The summed E-state index contributed by atoms with van der Waals surface area (Å²) in [7, 11) is 0. The molecule has 0 radical (unpaired) electrons. The first kappa shape index (κ1) is 22.5. The van der Waals surface area contributed by atoms with Crippen molar-refractivity contribution in [2.24, 2.45) is 5.73 Å². The first-order chi connectivity index (χ1) is 16.0.